The molecule has 1 saturated heterocycles. The molecule has 1 amide bonds. The summed E-state index contributed by atoms with van der Waals surface area (Å²) in [5.74, 6) is -0.382. The highest BCUT2D eigenvalue weighted by Gasteiger charge is 2.17. The number of rotatable bonds is 5. The number of hydrogen-bond acceptors (Lipinski definition) is 4. The Morgan fingerprint density at radius 3 is 2.36 bits per heavy atom. The number of hydrogen-bond donors (Lipinski definition) is 1. The van der Waals surface area contributed by atoms with Crippen LogP contribution in [-0.2, 0) is 11.3 Å². The van der Waals surface area contributed by atoms with E-state index in [4.69, 9.17) is 4.74 Å². The number of morpholine rings is 1. The van der Waals surface area contributed by atoms with Crippen molar-refractivity contribution in [1.82, 2.24) is 4.90 Å². The van der Waals surface area contributed by atoms with Gasteiger partial charge >= 0.3 is 0 Å². The molecule has 2 aromatic carbocycles. The highest BCUT2D eigenvalue weighted by molar-refractivity contribution is 6.12. The topological polar surface area (TPSA) is 58.6 Å². The van der Waals surface area contributed by atoms with Crippen molar-refractivity contribution >= 4 is 17.4 Å². The molecule has 0 aliphatic carbocycles. The molecule has 5 heteroatoms. The van der Waals surface area contributed by atoms with Gasteiger partial charge in [-0.1, -0.05) is 36.4 Å². The van der Waals surface area contributed by atoms with Crippen LogP contribution < -0.4 is 5.32 Å². The lowest BCUT2D eigenvalue weighted by atomic mass is 10.0. The molecule has 1 fully saturated rings. The molecule has 1 N–H and O–H groups in total. The summed E-state index contributed by atoms with van der Waals surface area (Å²) in [4.78, 5) is 26.7. The first-order valence-electron chi connectivity index (χ1n) is 8.44. The van der Waals surface area contributed by atoms with Crippen LogP contribution >= 0.6 is 0 Å². The fraction of sp³-hybridized carbons (Fsp3) is 0.300. The lowest BCUT2D eigenvalue weighted by Gasteiger charge is -2.27. The van der Waals surface area contributed by atoms with Crippen LogP contribution in [0.2, 0.25) is 0 Å². The third-order valence-corrected chi connectivity index (χ3v) is 4.31. The molecular weight excluding hydrogens is 316 g/mol. The Hall–Kier alpha value is -2.50. The van der Waals surface area contributed by atoms with Crippen molar-refractivity contribution in [2.75, 3.05) is 31.6 Å². The molecule has 0 atom stereocenters. The maximum Gasteiger partial charge on any atom is 0.256 e. The first-order chi connectivity index (χ1) is 12.1. The second-order valence-corrected chi connectivity index (χ2v) is 6.10. The summed E-state index contributed by atoms with van der Waals surface area (Å²) in [5, 5.41) is 2.96. The first kappa shape index (κ1) is 17.3. The Morgan fingerprint density at radius 2 is 1.64 bits per heavy atom. The predicted octanol–water partition coefficient (Wildman–Crippen LogP) is 2.97. The van der Waals surface area contributed by atoms with E-state index in [-0.39, 0.29) is 11.7 Å². The summed E-state index contributed by atoms with van der Waals surface area (Å²) in [7, 11) is 0. The molecule has 0 spiro atoms. The second-order valence-electron chi connectivity index (χ2n) is 6.10. The molecule has 2 aromatic rings. The van der Waals surface area contributed by atoms with Gasteiger partial charge in [-0.05, 0) is 24.6 Å². The number of benzene rings is 2. The van der Waals surface area contributed by atoms with E-state index in [1.807, 2.05) is 24.3 Å². The molecule has 1 heterocycles. The molecule has 0 radical (unpaired) electrons. The molecule has 0 unspecified atom stereocenters. The van der Waals surface area contributed by atoms with Gasteiger partial charge in [-0.25, -0.2) is 0 Å². The lowest BCUT2D eigenvalue weighted by molar-refractivity contribution is 0.0342. The molecule has 5 nitrogen and oxygen atoms in total. The third kappa shape index (κ3) is 4.32. The Balaban J connectivity index is 1.79. The van der Waals surface area contributed by atoms with Crippen LogP contribution in [0.4, 0.5) is 5.69 Å². The number of carbonyl (C=O) groups excluding carboxylic acids is 2. The summed E-state index contributed by atoms with van der Waals surface area (Å²) in [6.45, 7) is 5.47. The number of nitrogens with zero attached hydrogens (tertiary/aromatic N) is 1. The van der Waals surface area contributed by atoms with E-state index in [2.05, 4.69) is 10.2 Å². The van der Waals surface area contributed by atoms with Crippen molar-refractivity contribution in [3.8, 4) is 0 Å². The van der Waals surface area contributed by atoms with Crippen LogP contribution in [-0.4, -0.2) is 42.9 Å². The number of ketones is 1. The number of carbonyl (C=O) groups is 2. The van der Waals surface area contributed by atoms with Gasteiger partial charge in [0.05, 0.1) is 18.8 Å². The minimum Gasteiger partial charge on any atom is -0.379 e. The fourth-order valence-corrected chi connectivity index (χ4v) is 2.96. The van der Waals surface area contributed by atoms with Gasteiger partial charge in [0.25, 0.3) is 5.91 Å². The van der Waals surface area contributed by atoms with Crippen LogP contribution in [0.25, 0.3) is 0 Å². The molecule has 1 aliphatic rings. The summed E-state index contributed by atoms with van der Waals surface area (Å²) in [6, 6.07) is 14.7. The lowest BCUT2D eigenvalue weighted by Crippen LogP contribution is -2.35. The Kier molecular flexibility index (Phi) is 5.58. The van der Waals surface area contributed by atoms with Crippen LogP contribution in [0, 0.1) is 0 Å². The molecule has 25 heavy (non-hydrogen) atoms. The minimum absolute atomic E-state index is 0.118. The quantitative estimate of drug-likeness (QED) is 0.852. The number of anilines is 1. The predicted molar refractivity (Wildman–Crippen MR) is 96.9 cm³/mol. The van der Waals surface area contributed by atoms with E-state index in [1.165, 1.54) is 6.92 Å². The number of Topliss-reactive ketones (excluding diaryl/α,β-unsaturated/α-hetero) is 1. The largest absolute Gasteiger partial charge is 0.379 e. The van der Waals surface area contributed by atoms with Gasteiger partial charge in [-0.2, -0.15) is 0 Å². The van der Waals surface area contributed by atoms with Crippen molar-refractivity contribution in [2.24, 2.45) is 0 Å². The number of amides is 1. The monoisotopic (exact) mass is 338 g/mol. The van der Waals surface area contributed by atoms with Crippen molar-refractivity contribution < 1.29 is 14.3 Å². The Bertz CT molecular complexity index is 767. The summed E-state index contributed by atoms with van der Waals surface area (Å²) in [5.41, 5.74) is 2.66. The standard InChI is InChI=1S/C20H22N2O3/c1-15(23)17-7-3-4-8-18(17)20(24)21-19-9-5-2-6-16(19)14-22-10-12-25-13-11-22/h2-9H,10-14H2,1H3,(H,21,24). The average molecular weight is 338 g/mol. The zero-order valence-electron chi connectivity index (χ0n) is 14.3. The SMILES string of the molecule is CC(=O)c1ccccc1C(=O)Nc1ccccc1CN1CCOCC1. The number of para-hydroxylation sites is 1. The molecule has 0 saturated carbocycles. The van der Waals surface area contributed by atoms with E-state index in [0.29, 0.717) is 11.1 Å². The molecule has 3 rings (SSSR count). The average Bonchev–Trinajstić information content (AvgIpc) is 2.64. The van der Waals surface area contributed by atoms with Gasteiger partial charge in [0.1, 0.15) is 0 Å². The molecule has 1 aliphatic heterocycles. The summed E-state index contributed by atoms with van der Waals surface area (Å²) >= 11 is 0. The van der Waals surface area contributed by atoms with Crippen LogP contribution in [0.5, 0.6) is 0 Å². The van der Waals surface area contributed by atoms with E-state index < -0.39 is 0 Å². The molecule has 0 bridgehead atoms. The van der Waals surface area contributed by atoms with Crippen molar-refractivity contribution in [3.05, 3.63) is 65.2 Å². The fourth-order valence-electron chi connectivity index (χ4n) is 2.96. The zero-order chi connectivity index (χ0) is 17.6. The summed E-state index contributed by atoms with van der Waals surface area (Å²) < 4.78 is 5.38. The Morgan fingerprint density at radius 1 is 1.00 bits per heavy atom. The van der Waals surface area contributed by atoms with Crippen LogP contribution in [0.1, 0.15) is 33.2 Å². The van der Waals surface area contributed by atoms with Crippen LogP contribution in [0.3, 0.4) is 0 Å². The zero-order valence-corrected chi connectivity index (χ0v) is 14.3. The van der Waals surface area contributed by atoms with E-state index >= 15 is 0 Å². The minimum atomic E-state index is -0.264. The molecular formula is C20H22N2O3. The van der Waals surface area contributed by atoms with Crippen LogP contribution in [0.15, 0.2) is 48.5 Å². The van der Waals surface area contributed by atoms with Gasteiger partial charge in [-0.15, -0.1) is 0 Å². The maximum absolute atomic E-state index is 12.7. The van der Waals surface area contributed by atoms with E-state index in [9.17, 15) is 9.59 Å². The highest BCUT2D eigenvalue weighted by atomic mass is 16.5. The van der Waals surface area contributed by atoms with E-state index in [1.54, 1.807) is 24.3 Å². The number of nitrogens with one attached hydrogen (secondary N) is 1. The smallest absolute Gasteiger partial charge is 0.256 e. The van der Waals surface area contributed by atoms with Gasteiger partial charge in [0.15, 0.2) is 5.78 Å². The van der Waals surface area contributed by atoms with E-state index in [0.717, 1.165) is 44.1 Å². The highest BCUT2D eigenvalue weighted by Crippen LogP contribution is 2.20. The van der Waals surface area contributed by atoms with Gasteiger partial charge in [-0.3, -0.25) is 14.5 Å². The number of ether oxygens (including phenoxy) is 1. The van der Waals surface area contributed by atoms with Gasteiger partial charge in [0, 0.05) is 30.9 Å². The molecule has 0 aromatic heterocycles. The first-order valence-corrected chi connectivity index (χ1v) is 8.44. The second kappa shape index (κ2) is 8.05. The molecule has 130 valence electrons. The van der Waals surface area contributed by atoms with Crippen molar-refractivity contribution in [3.63, 3.8) is 0 Å². The normalized spacial score (nSPS) is 14.9. The summed E-state index contributed by atoms with van der Waals surface area (Å²) in [6.07, 6.45) is 0. The maximum atomic E-state index is 12.7. The third-order valence-electron chi connectivity index (χ3n) is 4.31. The van der Waals surface area contributed by atoms with Crippen molar-refractivity contribution in [2.45, 2.75) is 13.5 Å². The Labute approximate surface area is 147 Å². The van der Waals surface area contributed by atoms with Crippen molar-refractivity contribution in [1.29, 1.82) is 0 Å². The van der Waals surface area contributed by atoms with Gasteiger partial charge < -0.3 is 10.1 Å². The van der Waals surface area contributed by atoms with Gasteiger partial charge in [0.2, 0.25) is 0 Å².